The van der Waals surface area contributed by atoms with E-state index in [1.807, 2.05) is 0 Å². The van der Waals surface area contributed by atoms with Gasteiger partial charge in [0.15, 0.2) is 0 Å². The van der Waals surface area contributed by atoms with Crippen molar-refractivity contribution in [2.24, 2.45) is 10.9 Å². The Bertz CT molecular complexity index is 330. The highest BCUT2D eigenvalue weighted by Crippen LogP contribution is 2.38. The van der Waals surface area contributed by atoms with Crippen LogP contribution in [0.5, 0.6) is 0 Å². The maximum Gasteiger partial charge on any atom is 0.0967 e. The van der Waals surface area contributed by atoms with E-state index in [1.54, 1.807) is 5.57 Å². The van der Waals surface area contributed by atoms with Gasteiger partial charge in [0.1, 0.15) is 0 Å². The summed E-state index contributed by atoms with van der Waals surface area (Å²) >= 11 is 0. The summed E-state index contributed by atoms with van der Waals surface area (Å²) in [6.07, 6.45) is 12.9. The number of amidine groups is 1. The molecule has 3 rings (SSSR count). The van der Waals surface area contributed by atoms with Crippen LogP contribution >= 0.6 is 0 Å². The minimum absolute atomic E-state index is 0.557. The Balaban J connectivity index is 1.75. The number of aliphatic imine (C=N–C) groups is 1. The highest BCUT2D eigenvalue weighted by Gasteiger charge is 2.31. The fourth-order valence-electron chi connectivity index (χ4n) is 2.92. The second-order valence-electron chi connectivity index (χ2n) is 4.72. The first-order chi connectivity index (χ1) is 7.43. The zero-order valence-corrected chi connectivity index (χ0v) is 9.08. The highest BCUT2D eigenvalue weighted by molar-refractivity contribution is 5.84. The molecular formula is C13H18N2. The summed E-state index contributed by atoms with van der Waals surface area (Å²) in [5, 5.41) is 3.39. The van der Waals surface area contributed by atoms with Crippen molar-refractivity contribution in [3.8, 4) is 0 Å². The van der Waals surface area contributed by atoms with Crippen LogP contribution in [0.25, 0.3) is 0 Å². The van der Waals surface area contributed by atoms with Crippen LogP contribution in [-0.2, 0) is 0 Å². The van der Waals surface area contributed by atoms with Gasteiger partial charge in [-0.2, -0.15) is 0 Å². The van der Waals surface area contributed by atoms with Crippen LogP contribution < -0.4 is 5.32 Å². The van der Waals surface area contributed by atoms with E-state index in [9.17, 15) is 0 Å². The number of hydrogen-bond donors (Lipinski definition) is 1. The van der Waals surface area contributed by atoms with Crippen molar-refractivity contribution in [1.29, 1.82) is 0 Å². The summed E-state index contributed by atoms with van der Waals surface area (Å²) in [6.45, 7) is 1.12. The first kappa shape index (κ1) is 9.20. The van der Waals surface area contributed by atoms with E-state index in [2.05, 4.69) is 23.5 Å². The lowest BCUT2D eigenvalue weighted by Crippen LogP contribution is -2.21. The summed E-state index contributed by atoms with van der Waals surface area (Å²) in [5.41, 5.74) is 1.63. The average Bonchev–Trinajstić information content (AvgIpc) is 2.89. The van der Waals surface area contributed by atoms with Crippen LogP contribution in [0.3, 0.4) is 0 Å². The Morgan fingerprint density at radius 1 is 1.33 bits per heavy atom. The molecule has 0 spiro atoms. The van der Waals surface area contributed by atoms with E-state index in [1.165, 1.54) is 31.5 Å². The number of nitrogens with zero attached hydrogens (tertiary/aromatic N) is 1. The Morgan fingerprint density at radius 3 is 3.20 bits per heavy atom. The number of nitrogens with one attached hydrogen (secondary N) is 1. The fraction of sp³-hybridized carbons (Fsp3) is 0.615. The zero-order chi connectivity index (χ0) is 10.1. The van der Waals surface area contributed by atoms with Gasteiger partial charge < -0.3 is 5.32 Å². The van der Waals surface area contributed by atoms with Gasteiger partial charge >= 0.3 is 0 Å². The van der Waals surface area contributed by atoms with Crippen molar-refractivity contribution >= 4 is 5.84 Å². The Morgan fingerprint density at radius 2 is 2.33 bits per heavy atom. The normalized spacial score (nSPS) is 36.5. The summed E-state index contributed by atoms with van der Waals surface area (Å²) in [7, 11) is 0. The van der Waals surface area contributed by atoms with E-state index in [0.717, 1.165) is 13.0 Å². The zero-order valence-electron chi connectivity index (χ0n) is 9.08. The van der Waals surface area contributed by atoms with Gasteiger partial charge in [-0.05, 0) is 25.7 Å². The molecule has 2 fully saturated rings. The molecule has 1 N–H and O–H groups in total. The molecule has 0 aromatic heterocycles. The van der Waals surface area contributed by atoms with Crippen molar-refractivity contribution in [2.45, 2.75) is 38.1 Å². The van der Waals surface area contributed by atoms with Gasteiger partial charge in [0.05, 0.1) is 11.9 Å². The SMILES string of the molecule is C1=CCC2C(=C1)CCC2/N=C1\CCCN1. The molecule has 1 aliphatic heterocycles. The summed E-state index contributed by atoms with van der Waals surface area (Å²) in [6, 6.07) is 0.557. The Kier molecular flexibility index (Phi) is 2.35. The predicted molar refractivity (Wildman–Crippen MR) is 63.0 cm³/mol. The lowest BCUT2D eigenvalue weighted by Gasteiger charge is -2.18. The van der Waals surface area contributed by atoms with Gasteiger partial charge in [-0.3, -0.25) is 4.99 Å². The highest BCUT2D eigenvalue weighted by atomic mass is 15.0. The molecule has 2 atom stereocenters. The largest absolute Gasteiger partial charge is 0.374 e. The maximum atomic E-state index is 4.89. The first-order valence-electron chi connectivity index (χ1n) is 6.09. The van der Waals surface area contributed by atoms with Crippen molar-refractivity contribution in [1.82, 2.24) is 5.32 Å². The van der Waals surface area contributed by atoms with E-state index in [-0.39, 0.29) is 0 Å². The molecule has 2 aliphatic carbocycles. The molecule has 2 heteroatoms. The van der Waals surface area contributed by atoms with Gasteiger partial charge in [0.25, 0.3) is 0 Å². The molecule has 0 amide bonds. The van der Waals surface area contributed by atoms with Crippen molar-refractivity contribution < 1.29 is 0 Å². The first-order valence-corrected chi connectivity index (χ1v) is 6.09. The van der Waals surface area contributed by atoms with Gasteiger partial charge in [0, 0.05) is 18.9 Å². The van der Waals surface area contributed by atoms with Crippen LogP contribution in [-0.4, -0.2) is 18.4 Å². The number of rotatable bonds is 1. The van der Waals surface area contributed by atoms with Crippen LogP contribution in [0, 0.1) is 5.92 Å². The minimum atomic E-state index is 0.557. The molecule has 1 saturated carbocycles. The van der Waals surface area contributed by atoms with E-state index in [4.69, 9.17) is 4.99 Å². The third-order valence-electron chi connectivity index (χ3n) is 3.75. The lowest BCUT2D eigenvalue weighted by atomic mass is 9.92. The van der Waals surface area contributed by atoms with Crippen LogP contribution in [0.4, 0.5) is 0 Å². The third kappa shape index (κ3) is 1.73. The monoisotopic (exact) mass is 202 g/mol. The molecule has 1 heterocycles. The second kappa shape index (κ2) is 3.84. The number of allylic oxidation sites excluding steroid dienone is 3. The fourth-order valence-corrected chi connectivity index (χ4v) is 2.92. The molecule has 0 aromatic carbocycles. The van der Waals surface area contributed by atoms with E-state index >= 15 is 0 Å². The third-order valence-corrected chi connectivity index (χ3v) is 3.75. The molecule has 0 radical (unpaired) electrons. The maximum absolute atomic E-state index is 4.89. The molecule has 0 bridgehead atoms. The van der Waals surface area contributed by atoms with Crippen molar-refractivity contribution in [3.05, 3.63) is 23.8 Å². The molecular weight excluding hydrogens is 184 g/mol. The summed E-state index contributed by atoms with van der Waals surface area (Å²) in [5.74, 6) is 1.97. The van der Waals surface area contributed by atoms with Crippen LogP contribution in [0.1, 0.15) is 32.1 Å². The minimum Gasteiger partial charge on any atom is -0.374 e. The molecule has 2 unspecified atom stereocenters. The predicted octanol–water partition coefficient (Wildman–Crippen LogP) is 2.43. The summed E-state index contributed by atoms with van der Waals surface area (Å²) < 4.78 is 0. The molecule has 3 aliphatic rings. The van der Waals surface area contributed by atoms with Gasteiger partial charge in [-0.15, -0.1) is 0 Å². The molecule has 2 nitrogen and oxygen atoms in total. The average molecular weight is 202 g/mol. The smallest absolute Gasteiger partial charge is 0.0967 e. The second-order valence-corrected chi connectivity index (χ2v) is 4.72. The van der Waals surface area contributed by atoms with Crippen LogP contribution in [0.15, 0.2) is 28.8 Å². The molecule has 0 aromatic rings. The Labute approximate surface area is 91.2 Å². The number of fused-ring (bicyclic) bond motifs is 1. The molecule has 1 saturated heterocycles. The van der Waals surface area contributed by atoms with Crippen LogP contribution in [0.2, 0.25) is 0 Å². The number of hydrogen-bond acceptors (Lipinski definition) is 1. The topological polar surface area (TPSA) is 24.4 Å². The lowest BCUT2D eigenvalue weighted by molar-refractivity contribution is 0.535. The van der Waals surface area contributed by atoms with E-state index < -0.39 is 0 Å². The molecule has 80 valence electrons. The quantitative estimate of drug-likeness (QED) is 0.694. The Hall–Kier alpha value is -1.05. The molecule has 15 heavy (non-hydrogen) atoms. The van der Waals surface area contributed by atoms with Gasteiger partial charge in [-0.1, -0.05) is 23.8 Å². The standard InChI is InChI=1S/C13H18N2/c1-2-5-11-10(4-1)7-8-12(11)15-13-6-3-9-14-13/h1-2,4,11-12H,3,5-9H2,(H,14,15). The van der Waals surface area contributed by atoms with Gasteiger partial charge in [0.2, 0.25) is 0 Å². The summed E-state index contributed by atoms with van der Waals surface area (Å²) in [4.78, 5) is 4.89. The van der Waals surface area contributed by atoms with Gasteiger partial charge in [-0.25, -0.2) is 0 Å². The van der Waals surface area contributed by atoms with Crippen molar-refractivity contribution in [3.63, 3.8) is 0 Å². The van der Waals surface area contributed by atoms with Crippen molar-refractivity contribution in [2.75, 3.05) is 6.54 Å². The van der Waals surface area contributed by atoms with E-state index in [0.29, 0.717) is 12.0 Å².